The third-order valence-corrected chi connectivity index (χ3v) is 4.86. The molecule has 1 fully saturated rings. The van der Waals surface area contributed by atoms with E-state index < -0.39 is 6.36 Å². The Morgan fingerprint density at radius 3 is 2.74 bits per heavy atom. The number of amides is 1. The summed E-state index contributed by atoms with van der Waals surface area (Å²) in [7, 11) is 0. The molecule has 0 unspecified atom stereocenters. The fourth-order valence-corrected chi connectivity index (χ4v) is 3.50. The number of nitrogens with zero attached hydrogens (tertiary/aromatic N) is 5. The van der Waals surface area contributed by atoms with Crippen LogP contribution in [0, 0.1) is 5.92 Å². The lowest BCUT2D eigenvalue weighted by atomic mass is 9.94. The van der Waals surface area contributed by atoms with Gasteiger partial charge in [-0.05, 0) is 43.0 Å². The minimum atomic E-state index is -4.77. The molecule has 0 radical (unpaired) electrons. The first-order chi connectivity index (χ1) is 14.9. The molecule has 0 saturated carbocycles. The Morgan fingerprint density at radius 1 is 1.23 bits per heavy atom. The van der Waals surface area contributed by atoms with E-state index in [1.165, 1.54) is 18.3 Å². The standard InChI is InChI=1S/C20H18F3N5O3/c21-20(22,23)30-15-5-3-14(4-6-15)19(29)28-9-1-2-13(12-28)10-17-26-18(27-31-17)16-11-24-7-8-25-16/h3-8,11,13H,1-2,9-10,12H2/t13-/m0/s1. The molecular formula is C20H18F3N5O3. The van der Waals surface area contributed by atoms with E-state index in [2.05, 4.69) is 24.8 Å². The second kappa shape index (κ2) is 8.70. The van der Waals surface area contributed by atoms with E-state index >= 15 is 0 Å². The monoisotopic (exact) mass is 433 g/mol. The van der Waals surface area contributed by atoms with Crippen molar-refractivity contribution in [2.24, 2.45) is 5.92 Å². The molecule has 0 aliphatic carbocycles. The molecule has 2 aromatic heterocycles. The number of hydrogen-bond acceptors (Lipinski definition) is 7. The van der Waals surface area contributed by atoms with Crippen molar-refractivity contribution in [1.82, 2.24) is 25.0 Å². The van der Waals surface area contributed by atoms with Gasteiger partial charge < -0.3 is 14.2 Å². The summed E-state index contributed by atoms with van der Waals surface area (Å²) in [6.07, 6.45) is 2.07. The highest BCUT2D eigenvalue weighted by atomic mass is 19.4. The first-order valence-corrected chi connectivity index (χ1v) is 9.61. The highest BCUT2D eigenvalue weighted by molar-refractivity contribution is 5.94. The van der Waals surface area contributed by atoms with Crippen LogP contribution in [-0.4, -0.2) is 50.4 Å². The minimum absolute atomic E-state index is 0.126. The molecule has 8 nitrogen and oxygen atoms in total. The zero-order chi connectivity index (χ0) is 21.8. The van der Waals surface area contributed by atoms with Crippen molar-refractivity contribution in [3.63, 3.8) is 0 Å². The number of carbonyl (C=O) groups excluding carboxylic acids is 1. The van der Waals surface area contributed by atoms with Gasteiger partial charge >= 0.3 is 6.36 Å². The van der Waals surface area contributed by atoms with Gasteiger partial charge in [0.25, 0.3) is 5.91 Å². The minimum Gasteiger partial charge on any atom is -0.406 e. The third kappa shape index (κ3) is 5.36. The van der Waals surface area contributed by atoms with Crippen LogP contribution in [0.2, 0.25) is 0 Å². The molecule has 1 aliphatic rings. The molecule has 0 N–H and O–H groups in total. The summed E-state index contributed by atoms with van der Waals surface area (Å²) in [6.45, 7) is 1.06. The van der Waals surface area contributed by atoms with Gasteiger partial charge in [-0.3, -0.25) is 9.78 Å². The average Bonchev–Trinajstić information content (AvgIpc) is 3.22. The van der Waals surface area contributed by atoms with E-state index in [1.807, 2.05) is 0 Å². The van der Waals surface area contributed by atoms with Gasteiger partial charge in [0, 0.05) is 37.5 Å². The number of rotatable bonds is 5. The van der Waals surface area contributed by atoms with Crippen LogP contribution in [0.25, 0.3) is 11.5 Å². The normalized spacial score (nSPS) is 16.9. The fraction of sp³-hybridized carbons (Fsp3) is 0.350. The molecule has 0 spiro atoms. The van der Waals surface area contributed by atoms with Crippen LogP contribution >= 0.6 is 0 Å². The Hall–Kier alpha value is -3.50. The van der Waals surface area contributed by atoms with E-state index in [-0.39, 0.29) is 17.6 Å². The fourth-order valence-electron chi connectivity index (χ4n) is 3.50. The van der Waals surface area contributed by atoms with Crippen LogP contribution in [0.3, 0.4) is 0 Å². The SMILES string of the molecule is O=C(c1ccc(OC(F)(F)F)cc1)N1CCC[C@@H](Cc2nc(-c3cnccn3)no2)C1. The van der Waals surface area contributed by atoms with Gasteiger partial charge in [0.2, 0.25) is 11.7 Å². The van der Waals surface area contributed by atoms with Gasteiger partial charge in [-0.15, -0.1) is 13.2 Å². The van der Waals surface area contributed by atoms with Gasteiger partial charge in [0.1, 0.15) is 11.4 Å². The lowest BCUT2D eigenvalue weighted by Gasteiger charge is -2.32. The lowest BCUT2D eigenvalue weighted by molar-refractivity contribution is -0.274. The van der Waals surface area contributed by atoms with E-state index in [4.69, 9.17) is 4.52 Å². The Balaban J connectivity index is 1.37. The maximum absolute atomic E-state index is 12.8. The molecule has 31 heavy (non-hydrogen) atoms. The highest BCUT2D eigenvalue weighted by Gasteiger charge is 2.31. The lowest BCUT2D eigenvalue weighted by Crippen LogP contribution is -2.40. The topological polar surface area (TPSA) is 94.2 Å². The molecule has 1 amide bonds. The number of ether oxygens (including phenoxy) is 1. The maximum Gasteiger partial charge on any atom is 0.573 e. The third-order valence-electron chi connectivity index (χ3n) is 4.86. The molecular weight excluding hydrogens is 415 g/mol. The predicted octanol–water partition coefficient (Wildman–Crippen LogP) is 3.52. The maximum atomic E-state index is 12.8. The van der Waals surface area contributed by atoms with Crippen LogP contribution in [0.4, 0.5) is 13.2 Å². The summed E-state index contributed by atoms with van der Waals surface area (Å²) >= 11 is 0. The van der Waals surface area contributed by atoms with Crippen molar-refractivity contribution < 1.29 is 27.2 Å². The molecule has 0 bridgehead atoms. The zero-order valence-corrected chi connectivity index (χ0v) is 16.2. The number of hydrogen-bond donors (Lipinski definition) is 0. The smallest absolute Gasteiger partial charge is 0.406 e. The second-order valence-electron chi connectivity index (χ2n) is 7.14. The Morgan fingerprint density at radius 2 is 2.03 bits per heavy atom. The molecule has 1 atom stereocenters. The molecule has 3 heterocycles. The molecule has 3 aromatic rings. The van der Waals surface area contributed by atoms with Crippen molar-refractivity contribution in [3.8, 4) is 17.3 Å². The number of likely N-dealkylation sites (tertiary alicyclic amines) is 1. The molecule has 1 aliphatic heterocycles. The number of aromatic nitrogens is 4. The van der Waals surface area contributed by atoms with E-state index in [0.717, 1.165) is 25.0 Å². The van der Waals surface area contributed by atoms with Crippen molar-refractivity contribution in [1.29, 1.82) is 0 Å². The van der Waals surface area contributed by atoms with Crippen LogP contribution in [0.1, 0.15) is 29.1 Å². The van der Waals surface area contributed by atoms with Crippen LogP contribution < -0.4 is 4.74 Å². The van der Waals surface area contributed by atoms with Crippen LogP contribution in [-0.2, 0) is 6.42 Å². The van der Waals surface area contributed by atoms with Crippen LogP contribution in [0.5, 0.6) is 5.75 Å². The Kier molecular flexibility index (Phi) is 5.83. The van der Waals surface area contributed by atoms with Crippen molar-refractivity contribution in [3.05, 3.63) is 54.3 Å². The zero-order valence-electron chi connectivity index (χ0n) is 16.2. The van der Waals surface area contributed by atoms with Crippen LogP contribution in [0.15, 0.2) is 47.4 Å². The Bertz CT molecular complexity index is 1020. The summed E-state index contributed by atoms with van der Waals surface area (Å²) < 4.78 is 46.0. The molecule has 162 valence electrons. The Labute approximate surface area is 175 Å². The quantitative estimate of drug-likeness (QED) is 0.608. The number of benzene rings is 1. The first-order valence-electron chi connectivity index (χ1n) is 9.61. The molecule has 1 aromatic carbocycles. The molecule has 4 rings (SSSR count). The van der Waals surface area contributed by atoms with E-state index in [1.54, 1.807) is 17.3 Å². The van der Waals surface area contributed by atoms with Gasteiger partial charge in [-0.2, -0.15) is 4.98 Å². The summed E-state index contributed by atoms with van der Waals surface area (Å²) in [6, 6.07) is 4.93. The van der Waals surface area contributed by atoms with Crippen molar-refractivity contribution in [2.45, 2.75) is 25.6 Å². The van der Waals surface area contributed by atoms with Crippen molar-refractivity contribution >= 4 is 5.91 Å². The number of piperidine rings is 1. The molecule has 1 saturated heterocycles. The summed E-state index contributed by atoms with van der Waals surface area (Å²) in [5, 5.41) is 3.93. The second-order valence-corrected chi connectivity index (χ2v) is 7.14. The largest absolute Gasteiger partial charge is 0.573 e. The number of carbonyl (C=O) groups is 1. The summed E-state index contributed by atoms with van der Waals surface area (Å²) in [5.74, 6) is 0.326. The van der Waals surface area contributed by atoms with E-state index in [9.17, 15) is 18.0 Å². The van der Waals surface area contributed by atoms with Crippen molar-refractivity contribution in [2.75, 3.05) is 13.1 Å². The summed E-state index contributed by atoms with van der Waals surface area (Å²) in [5.41, 5.74) is 0.814. The number of alkyl halides is 3. The molecule has 11 heteroatoms. The number of halogens is 3. The van der Waals surface area contributed by atoms with Gasteiger partial charge in [-0.1, -0.05) is 5.16 Å². The van der Waals surface area contributed by atoms with Gasteiger partial charge in [0.15, 0.2) is 0 Å². The summed E-state index contributed by atoms with van der Waals surface area (Å²) in [4.78, 5) is 26.9. The predicted molar refractivity (Wildman–Crippen MR) is 101 cm³/mol. The van der Waals surface area contributed by atoms with E-state index in [0.29, 0.717) is 42.5 Å². The average molecular weight is 433 g/mol. The first kappa shape index (κ1) is 20.8. The highest BCUT2D eigenvalue weighted by Crippen LogP contribution is 2.25. The van der Waals surface area contributed by atoms with Gasteiger partial charge in [0.05, 0.1) is 6.20 Å². The van der Waals surface area contributed by atoms with Gasteiger partial charge in [-0.25, -0.2) is 4.98 Å².